The Morgan fingerprint density at radius 3 is 2.14 bits per heavy atom. The lowest BCUT2D eigenvalue weighted by Gasteiger charge is -2.14. The summed E-state index contributed by atoms with van der Waals surface area (Å²) in [6.45, 7) is 1.40. The Morgan fingerprint density at radius 1 is 0.750 bits per heavy atom. The van der Waals surface area contributed by atoms with Gasteiger partial charge in [-0.2, -0.15) is 0 Å². The van der Waals surface area contributed by atoms with Crippen LogP contribution in [0.2, 0.25) is 0 Å². The van der Waals surface area contributed by atoms with Crippen molar-refractivity contribution in [1.29, 1.82) is 0 Å². The van der Waals surface area contributed by atoms with Crippen molar-refractivity contribution in [3.63, 3.8) is 0 Å². The molecule has 1 heterocycles. The second-order valence-electron chi connectivity index (χ2n) is 5.90. The van der Waals surface area contributed by atoms with Gasteiger partial charge in [-0.25, -0.2) is 4.98 Å². The van der Waals surface area contributed by atoms with E-state index in [1.807, 2.05) is 60.7 Å². The van der Waals surface area contributed by atoms with Crippen LogP contribution in [0.1, 0.15) is 5.56 Å². The minimum atomic E-state index is 0.380. The first-order valence-electron chi connectivity index (χ1n) is 9.00. The number of rotatable bonds is 10. The van der Waals surface area contributed by atoms with Crippen molar-refractivity contribution in [3.8, 4) is 23.0 Å². The molecule has 3 aromatic rings. The Bertz CT molecular complexity index is 871. The largest absolute Gasteiger partial charge is 0.493 e. The Hall–Kier alpha value is -3.41. The van der Waals surface area contributed by atoms with Gasteiger partial charge in [0.15, 0.2) is 23.0 Å². The number of ether oxygens (including phenoxy) is 4. The summed E-state index contributed by atoms with van der Waals surface area (Å²) in [6.07, 6.45) is 1.76. The molecular weight excluding hydrogens is 356 g/mol. The standard InChI is InChI=1S/C22H24N2O4/c1-25-18-7-3-4-8-20(18)27-13-14-28-21-15-17(10-11-19(21)26-2)16-24-22-9-5-6-12-23-22/h3-12,15H,13-14,16H2,1-2H3,(H,23,24). The zero-order valence-corrected chi connectivity index (χ0v) is 16.1. The highest BCUT2D eigenvalue weighted by molar-refractivity contribution is 5.44. The first-order valence-corrected chi connectivity index (χ1v) is 9.00. The highest BCUT2D eigenvalue weighted by atomic mass is 16.5. The number of hydrogen-bond donors (Lipinski definition) is 1. The fourth-order valence-corrected chi connectivity index (χ4v) is 2.65. The lowest BCUT2D eigenvalue weighted by Crippen LogP contribution is -2.10. The van der Waals surface area contributed by atoms with Gasteiger partial charge in [0.2, 0.25) is 0 Å². The first kappa shape index (κ1) is 19.4. The summed E-state index contributed by atoms with van der Waals surface area (Å²) in [5.41, 5.74) is 1.06. The van der Waals surface area contributed by atoms with Crippen molar-refractivity contribution in [3.05, 3.63) is 72.4 Å². The van der Waals surface area contributed by atoms with Gasteiger partial charge in [-0.1, -0.05) is 24.3 Å². The molecule has 6 heteroatoms. The Labute approximate surface area is 165 Å². The molecule has 3 rings (SSSR count). The van der Waals surface area contributed by atoms with Gasteiger partial charge < -0.3 is 24.3 Å². The molecule has 0 unspecified atom stereocenters. The molecule has 0 fully saturated rings. The second-order valence-corrected chi connectivity index (χ2v) is 5.90. The van der Waals surface area contributed by atoms with Crippen LogP contribution in [0, 0.1) is 0 Å². The minimum absolute atomic E-state index is 0.380. The van der Waals surface area contributed by atoms with E-state index >= 15 is 0 Å². The smallest absolute Gasteiger partial charge is 0.161 e. The van der Waals surface area contributed by atoms with Crippen LogP contribution in [-0.2, 0) is 6.54 Å². The van der Waals surface area contributed by atoms with E-state index < -0.39 is 0 Å². The van der Waals surface area contributed by atoms with Crippen molar-refractivity contribution in [1.82, 2.24) is 4.98 Å². The van der Waals surface area contributed by atoms with Crippen LogP contribution in [0.25, 0.3) is 0 Å². The number of aromatic nitrogens is 1. The number of benzene rings is 2. The SMILES string of the molecule is COc1ccccc1OCCOc1cc(CNc2ccccn2)ccc1OC. The molecule has 146 valence electrons. The molecule has 0 aliphatic rings. The summed E-state index contributed by atoms with van der Waals surface area (Å²) < 4.78 is 22.3. The fourth-order valence-electron chi connectivity index (χ4n) is 2.65. The Balaban J connectivity index is 1.56. The highest BCUT2D eigenvalue weighted by Gasteiger charge is 2.07. The topological polar surface area (TPSA) is 61.8 Å². The molecule has 0 radical (unpaired) electrons. The van der Waals surface area contributed by atoms with E-state index in [1.54, 1.807) is 20.4 Å². The van der Waals surface area contributed by atoms with Gasteiger partial charge in [-0.15, -0.1) is 0 Å². The van der Waals surface area contributed by atoms with Gasteiger partial charge in [0.05, 0.1) is 14.2 Å². The number of para-hydroxylation sites is 2. The minimum Gasteiger partial charge on any atom is -0.493 e. The number of nitrogens with one attached hydrogen (secondary N) is 1. The van der Waals surface area contributed by atoms with Crippen LogP contribution in [-0.4, -0.2) is 32.4 Å². The molecule has 0 amide bonds. The summed E-state index contributed by atoms with van der Waals surface area (Å²) >= 11 is 0. The molecule has 0 aliphatic heterocycles. The number of methoxy groups -OCH3 is 2. The zero-order valence-electron chi connectivity index (χ0n) is 16.1. The highest BCUT2D eigenvalue weighted by Crippen LogP contribution is 2.29. The van der Waals surface area contributed by atoms with Crippen LogP contribution in [0.4, 0.5) is 5.82 Å². The molecule has 0 saturated heterocycles. The molecule has 0 bridgehead atoms. The predicted octanol–water partition coefficient (Wildman–Crippen LogP) is 4.17. The molecule has 0 spiro atoms. The summed E-state index contributed by atoms with van der Waals surface area (Å²) in [5.74, 6) is 3.56. The van der Waals surface area contributed by atoms with Gasteiger partial charge in [-0.05, 0) is 42.0 Å². The lowest BCUT2D eigenvalue weighted by molar-refractivity contribution is 0.206. The first-order chi connectivity index (χ1) is 13.8. The number of anilines is 1. The monoisotopic (exact) mass is 380 g/mol. The third-order valence-electron chi connectivity index (χ3n) is 4.03. The van der Waals surface area contributed by atoms with E-state index in [-0.39, 0.29) is 0 Å². The maximum absolute atomic E-state index is 5.88. The molecule has 2 aromatic carbocycles. The van der Waals surface area contributed by atoms with Crippen molar-refractivity contribution in [2.45, 2.75) is 6.54 Å². The van der Waals surface area contributed by atoms with E-state index in [9.17, 15) is 0 Å². The molecule has 0 aliphatic carbocycles. The van der Waals surface area contributed by atoms with Crippen molar-refractivity contribution < 1.29 is 18.9 Å². The van der Waals surface area contributed by atoms with Crippen LogP contribution < -0.4 is 24.3 Å². The summed E-state index contributed by atoms with van der Waals surface area (Å²) in [4.78, 5) is 4.26. The summed E-state index contributed by atoms with van der Waals surface area (Å²) in [6, 6.07) is 19.1. The van der Waals surface area contributed by atoms with E-state index in [4.69, 9.17) is 18.9 Å². The number of pyridine rings is 1. The van der Waals surface area contributed by atoms with E-state index in [2.05, 4.69) is 10.3 Å². The second kappa shape index (κ2) is 10.1. The van der Waals surface area contributed by atoms with E-state index in [0.717, 1.165) is 11.4 Å². The van der Waals surface area contributed by atoms with Gasteiger partial charge in [0, 0.05) is 12.7 Å². The van der Waals surface area contributed by atoms with Gasteiger partial charge >= 0.3 is 0 Å². The Kier molecular flexibility index (Phi) is 6.95. The van der Waals surface area contributed by atoms with E-state index in [0.29, 0.717) is 42.8 Å². The number of hydrogen-bond acceptors (Lipinski definition) is 6. The fraction of sp³-hybridized carbons (Fsp3) is 0.227. The van der Waals surface area contributed by atoms with Crippen LogP contribution in [0.15, 0.2) is 66.9 Å². The third-order valence-corrected chi connectivity index (χ3v) is 4.03. The van der Waals surface area contributed by atoms with Crippen LogP contribution in [0.5, 0.6) is 23.0 Å². The molecule has 28 heavy (non-hydrogen) atoms. The van der Waals surface area contributed by atoms with Crippen LogP contribution >= 0.6 is 0 Å². The maximum atomic E-state index is 5.88. The normalized spacial score (nSPS) is 10.2. The molecule has 1 N–H and O–H groups in total. The summed E-state index contributed by atoms with van der Waals surface area (Å²) in [7, 11) is 3.24. The van der Waals surface area contributed by atoms with Gasteiger partial charge in [0.1, 0.15) is 19.0 Å². The molecule has 0 atom stereocenters. The van der Waals surface area contributed by atoms with Crippen molar-refractivity contribution >= 4 is 5.82 Å². The molecule has 1 aromatic heterocycles. The third kappa shape index (κ3) is 5.30. The average Bonchev–Trinajstić information content (AvgIpc) is 2.76. The van der Waals surface area contributed by atoms with Gasteiger partial charge in [0.25, 0.3) is 0 Å². The van der Waals surface area contributed by atoms with Crippen molar-refractivity contribution in [2.75, 3.05) is 32.8 Å². The summed E-state index contributed by atoms with van der Waals surface area (Å²) in [5, 5.41) is 3.28. The van der Waals surface area contributed by atoms with Crippen LogP contribution in [0.3, 0.4) is 0 Å². The quantitative estimate of drug-likeness (QED) is 0.533. The number of nitrogens with zero attached hydrogens (tertiary/aromatic N) is 1. The van der Waals surface area contributed by atoms with E-state index in [1.165, 1.54) is 0 Å². The molecule has 0 saturated carbocycles. The lowest BCUT2D eigenvalue weighted by atomic mass is 10.2. The maximum Gasteiger partial charge on any atom is 0.161 e. The average molecular weight is 380 g/mol. The van der Waals surface area contributed by atoms with Gasteiger partial charge in [-0.3, -0.25) is 0 Å². The zero-order chi connectivity index (χ0) is 19.6. The molecule has 6 nitrogen and oxygen atoms in total. The predicted molar refractivity (Wildman–Crippen MR) is 109 cm³/mol. The Morgan fingerprint density at radius 2 is 1.43 bits per heavy atom. The van der Waals surface area contributed by atoms with Crippen molar-refractivity contribution in [2.24, 2.45) is 0 Å². The molecular formula is C22H24N2O4.